The number of nitrogens with zero attached hydrogens (tertiary/aromatic N) is 1. The maximum absolute atomic E-state index is 12.4. The van der Waals surface area contributed by atoms with Crippen LogP contribution in [0.1, 0.15) is 16.8 Å². The number of hydrogen-bond donors (Lipinski definition) is 1. The molecule has 2 rings (SSSR count). The van der Waals surface area contributed by atoms with E-state index in [2.05, 4.69) is 11.3 Å². The predicted molar refractivity (Wildman–Crippen MR) is 84.1 cm³/mol. The molecule has 7 heteroatoms. The molecule has 1 heterocycles. The van der Waals surface area contributed by atoms with Gasteiger partial charge in [-0.05, 0) is 36.6 Å². The SMILES string of the molecule is C=CS(=O)(=O)NC[C@H]1CCN(C(=O)c2ccc(OC)cc2)C1. The van der Waals surface area contributed by atoms with Crippen molar-refractivity contribution < 1.29 is 17.9 Å². The number of carbonyl (C=O) groups is 1. The normalized spacial score (nSPS) is 18.2. The molecule has 0 spiro atoms. The van der Waals surface area contributed by atoms with Gasteiger partial charge in [0.25, 0.3) is 5.91 Å². The monoisotopic (exact) mass is 324 g/mol. The van der Waals surface area contributed by atoms with Crippen molar-refractivity contribution in [1.82, 2.24) is 9.62 Å². The van der Waals surface area contributed by atoms with Gasteiger partial charge in [0.2, 0.25) is 10.0 Å². The molecule has 0 unspecified atom stereocenters. The van der Waals surface area contributed by atoms with Gasteiger partial charge in [-0.3, -0.25) is 4.79 Å². The Morgan fingerprint density at radius 3 is 2.73 bits per heavy atom. The third-order valence-corrected chi connectivity index (χ3v) is 4.71. The Balaban J connectivity index is 1.91. The van der Waals surface area contributed by atoms with E-state index in [9.17, 15) is 13.2 Å². The fraction of sp³-hybridized carbons (Fsp3) is 0.400. The van der Waals surface area contributed by atoms with Crippen LogP contribution in [0.5, 0.6) is 5.75 Å². The molecule has 0 saturated carbocycles. The summed E-state index contributed by atoms with van der Waals surface area (Å²) in [6, 6.07) is 6.96. The number of hydrogen-bond acceptors (Lipinski definition) is 4. The summed E-state index contributed by atoms with van der Waals surface area (Å²) in [7, 11) is -1.83. The van der Waals surface area contributed by atoms with E-state index in [1.165, 1.54) is 0 Å². The average molecular weight is 324 g/mol. The van der Waals surface area contributed by atoms with Crippen molar-refractivity contribution in [2.45, 2.75) is 6.42 Å². The molecular weight excluding hydrogens is 304 g/mol. The van der Waals surface area contributed by atoms with Crippen molar-refractivity contribution in [2.24, 2.45) is 5.92 Å². The zero-order valence-electron chi connectivity index (χ0n) is 12.5. The lowest BCUT2D eigenvalue weighted by atomic mass is 10.1. The van der Waals surface area contributed by atoms with Crippen molar-refractivity contribution in [3.05, 3.63) is 41.8 Å². The number of benzene rings is 1. The van der Waals surface area contributed by atoms with Crippen LogP contribution in [0, 0.1) is 5.92 Å². The lowest BCUT2D eigenvalue weighted by Gasteiger charge is -2.17. The van der Waals surface area contributed by atoms with E-state index in [0.29, 0.717) is 30.9 Å². The highest BCUT2D eigenvalue weighted by molar-refractivity contribution is 7.92. The third kappa shape index (κ3) is 4.08. The van der Waals surface area contributed by atoms with Gasteiger partial charge in [0.05, 0.1) is 7.11 Å². The Hall–Kier alpha value is -1.86. The van der Waals surface area contributed by atoms with Gasteiger partial charge in [-0.2, -0.15) is 0 Å². The highest BCUT2D eigenvalue weighted by Gasteiger charge is 2.27. The lowest BCUT2D eigenvalue weighted by molar-refractivity contribution is 0.0787. The number of methoxy groups -OCH3 is 1. The largest absolute Gasteiger partial charge is 0.497 e. The quantitative estimate of drug-likeness (QED) is 0.854. The number of nitrogens with one attached hydrogen (secondary N) is 1. The van der Waals surface area contributed by atoms with Crippen LogP contribution in [0.4, 0.5) is 0 Å². The van der Waals surface area contributed by atoms with Gasteiger partial charge in [-0.25, -0.2) is 13.1 Å². The second kappa shape index (κ2) is 6.93. The molecule has 1 aromatic carbocycles. The molecule has 1 N–H and O–H groups in total. The standard InChI is InChI=1S/C15H20N2O4S/c1-3-22(19,20)16-10-12-8-9-17(11-12)15(18)13-4-6-14(21-2)7-5-13/h3-7,12,16H,1,8-11H2,2H3/t12-/m1/s1. The van der Waals surface area contributed by atoms with Crippen molar-refractivity contribution >= 4 is 15.9 Å². The number of amides is 1. The molecule has 22 heavy (non-hydrogen) atoms. The first-order valence-electron chi connectivity index (χ1n) is 7.00. The summed E-state index contributed by atoms with van der Waals surface area (Å²) in [4.78, 5) is 14.1. The summed E-state index contributed by atoms with van der Waals surface area (Å²) in [6.45, 7) is 4.75. The number of likely N-dealkylation sites (tertiary alicyclic amines) is 1. The smallest absolute Gasteiger partial charge is 0.253 e. The maximum Gasteiger partial charge on any atom is 0.253 e. The van der Waals surface area contributed by atoms with E-state index >= 15 is 0 Å². The predicted octanol–water partition coefficient (Wildman–Crippen LogP) is 1.22. The highest BCUT2D eigenvalue weighted by Crippen LogP contribution is 2.20. The molecule has 0 radical (unpaired) electrons. The molecule has 1 aliphatic heterocycles. The molecule has 1 atom stereocenters. The number of sulfonamides is 1. The number of rotatable bonds is 6. The topological polar surface area (TPSA) is 75.7 Å². The molecule has 1 fully saturated rings. The highest BCUT2D eigenvalue weighted by atomic mass is 32.2. The van der Waals surface area contributed by atoms with Crippen molar-refractivity contribution in [3.8, 4) is 5.75 Å². The molecule has 1 saturated heterocycles. The Kier molecular flexibility index (Phi) is 5.20. The van der Waals surface area contributed by atoms with Crippen LogP contribution in [0.2, 0.25) is 0 Å². The first-order valence-corrected chi connectivity index (χ1v) is 8.55. The van der Waals surface area contributed by atoms with Gasteiger partial charge in [0.1, 0.15) is 5.75 Å². The van der Waals surface area contributed by atoms with Crippen LogP contribution >= 0.6 is 0 Å². The van der Waals surface area contributed by atoms with Gasteiger partial charge >= 0.3 is 0 Å². The van der Waals surface area contributed by atoms with Gasteiger partial charge in [-0.15, -0.1) is 0 Å². The Bertz CT molecular complexity index is 640. The van der Waals surface area contributed by atoms with Crippen LogP contribution in [-0.4, -0.2) is 46.0 Å². The summed E-state index contributed by atoms with van der Waals surface area (Å²) in [5, 5.41) is 0.891. The zero-order chi connectivity index (χ0) is 16.2. The van der Waals surface area contributed by atoms with E-state index in [4.69, 9.17) is 4.74 Å². The molecule has 1 aromatic rings. The minimum Gasteiger partial charge on any atom is -0.497 e. The molecule has 120 valence electrons. The third-order valence-electron chi connectivity index (χ3n) is 3.70. The molecule has 1 aliphatic rings. The second-order valence-corrected chi connectivity index (χ2v) is 6.91. The molecule has 0 aromatic heterocycles. The Labute approximate surface area is 130 Å². The van der Waals surface area contributed by atoms with E-state index in [-0.39, 0.29) is 11.8 Å². The first-order chi connectivity index (χ1) is 10.4. The van der Waals surface area contributed by atoms with Crippen LogP contribution in [0.15, 0.2) is 36.3 Å². The number of carbonyl (C=O) groups excluding carboxylic acids is 1. The van der Waals surface area contributed by atoms with Crippen LogP contribution in [-0.2, 0) is 10.0 Å². The van der Waals surface area contributed by atoms with Crippen LogP contribution in [0.25, 0.3) is 0 Å². The molecule has 0 bridgehead atoms. The fourth-order valence-corrected chi connectivity index (χ4v) is 2.98. The van der Waals surface area contributed by atoms with E-state index in [0.717, 1.165) is 11.8 Å². The second-order valence-electron chi connectivity index (χ2n) is 5.19. The van der Waals surface area contributed by atoms with Crippen molar-refractivity contribution in [3.63, 3.8) is 0 Å². The average Bonchev–Trinajstić information content (AvgIpc) is 3.01. The van der Waals surface area contributed by atoms with Crippen LogP contribution in [0.3, 0.4) is 0 Å². The van der Waals surface area contributed by atoms with Gasteiger partial charge in [-0.1, -0.05) is 6.58 Å². The zero-order valence-corrected chi connectivity index (χ0v) is 13.3. The maximum atomic E-state index is 12.4. The summed E-state index contributed by atoms with van der Waals surface area (Å²) >= 11 is 0. The summed E-state index contributed by atoms with van der Waals surface area (Å²) < 4.78 is 30.2. The van der Waals surface area contributed by atoms with Crippen LogP contribution < -0.4 is 9.46 Å². The Morgan fingerprint density at radius 1 is 1.45 bits per heavy atom. The molecular formula is C15H20N2O4S. The Morgan fingerprint density at radius 2 is 2.14 bits per heavy atom. The molecule has 6 nitrogen and oxygen atoms in total. The summed E-state index contributed by atoms with van der Waals surface area (Å²) in [5.41, 5.74) is 0.605. The van der Waals surface area contributed by atoms with Crippen molar-refractivity contribution in [1.29, 1.82) is 0 Å². The lowest BCUT2D eigenvalue weighted by Crippen LogP contribution is -2.32. The van der Waals surface area contributed by atoms with E-state index in [1.54, 1.807) is 36.3 Å². The van der Waals surface area contributed by atoms with Crippen molar-refractivity contribution in [2.75, 3.05) is 26.7 Å². The fourth-order valence-electron chi connectivity index (χ4n) is 2.39. The molecule has 0 aliphatic carbocycles. The van der Waals surface area contributed by atoms with Gasteiger partial charge in [0, 0.05) is 30.6 Å². The van der Waals surface area contributed by atoms with Gasteiger partial charge in [0.15, 0.2) is 0 Å². The van der Waals surface area contributed by atoms with E-state index in [1.807, 2.05) is 0 Å². The first kappa shape index (κ1) is 16.5. The summed E-state index contributed by atoms with van der Waals surface area (Å²) in [5.74, 6) is 0.781. The minimum absolute atomic E-state index is 0.0447. The number of ether oxygens (including phenoxy) is 1. The van der Waals surface area contributed by atoms with E-state index < -0.39 is 10.0 Å². The van der Waals surface area contributed by atoms with Gasteiger partial charge < -0.3 is 9.64 Å². The molecule has 1 amide bonds. The minimum atomic E-state index is -3.41. The summed E-state index contributed by atoms with van der Waals surface area (Å²) in [6.07, 6.45) is 0.779.